The van der Waals surface area contributed by atoms with Crippen LogP contribution in [0.25, 0.3) is 0 Å². The Morgan fingerprint density at radius 2 is 1.63 bits per heavy atom. The predicted molar refractivity (Wildman–Crippen MR) is 95.8 cm³/mol. The third-order valence-corrected chi connectivity index (χ3v) is 5.15. The van der Waals surface area contributed by atoms with E-state index in [-0.39, 0.29) is 16.3 Å². The molecule has 9 heteroatoms. The van der Waals surface area contributed by atoms with Crippen LogP contribution in [-0.2, 0) is 10.0 Å². The minimum absolute atomic E-state index is 0.0505. The van der Waals surface area contributed by atoms with E-state index in [2.05, 4.69) is 15.0 Å². The topological polar surface area (TPSA) is 71.1 Å². The lowest BCUT2D eigenvalue weighted by atomic mass is 10.2. The number of nitrogens with zero attached hydrogens (tertiary/aromatic N) is 1. The smallest absolute Gasteiger partial charge is 0.263 e. The van der Waals surface area contributed by atoms with Crippen LogP contribution < -0.4 is 10.0 Å². The first-order valence-corrected chi connectivity index (χ1v) is 9.20. The third kappa shape index (κ3) is 4.37. The molecule has 0 fully saturated rings. The van der Waals surface area contributed by atoms with E-state index < -0.39 is 27.5 Å². The van der Waals surface area contributed by atoms with Crippen molar-refractivity contribution in [3.8, 4) is 0 Å². The van der Waals surface area contributed by atoms with E-state index in [1.54, 1.807) is 0 Å². The molecule has 0 bridgehead atoms. The molecule has 0 aliphatic carbocycles. The fraction of sp³-hybridized carbons (Fsp3) is 0.0556. The van der Waals surface area contributed by atoms with Crippen molar-refractivity contribution in [1.29, 1.82) is 0 Å². The summed E-state index contributed by atoms with van der Waals surface area (Å²) in [6.07, 6.45) is 1.33. The van der Waals surface area contributed by atoms with E-state index in [4.69, 9.17) is 0 Å². The van der Waals surface area contributed by atoms with Gasteiger partial charge in [-0.3, -0.25) is 4.72 Å². The van der Waals surface area contributed by atoms with Crippen molar-refractivity contribution in [1.82, 2.24) is 4.98 Å². The number of sulfonamides is 1. The van der Waals surface area contributed by atoms with Crippen molar-refractivity contribution in [3.05, 3.63) is 77.7 Å². The highest BCUT2D eigenvalue weighted by molar-refractivity contribution is 7.92. The molecule has 1 heterocycles. The second-order valence-corrected chi connectivity index (χ2v) is 7.35. The highest BCUT2D eigenvalue weighted by Crippen LogP contribution is 2.22. The minimum atomic E-state index is -3.93. The third-order valence-electron chi connectivity index (χ3n) is 3.64. The number of halogens is 3. The highest BCUT2D eigenvalue weighted by atomic mass is 32.2. The molecule has 2 N–H and O–H groups in total. The first kappa shape index (κ1) is 18.7. The molecular weight excluding hydrogens is 379 g/mol. The molecule has 27 heavy (non-hydrogen) atoms. The molecule has 0 aliphatic heterocycles. The molecule has 0 atom stereocenters. The first-order chi connectivity index (χ1) is 12.7. The maximum atomic E-state index is 13.2. The van der Waals surface area contributed by atoms with Crippen LogP contribution in [-0.4, -0.2) is 13.4 Å². The Balaban J connectivity index is 1.76. The van der Waals surface area contributed by atoms with Crippen LogP contribution in [0.15, 0.2) is 59.6 Å². The average Bonchev–Trinajstić information content (AvgIpc) is 2.59. The van der Waals surface area contributed by atoms with Crippen LogP contribution in [0.2, 0.25) is 0 Å². The van der Waals surface area contributed by atoms with E-state index in [9.17, 15) is 21.6 Å². The van der Waals surface area contributed by atoms with Gasteiger partial charge in [-0.15, -0.1) is 0 Å². The summed E-state index contributed by atoms with van der Waals surface area (Å²) in [5, 5.41) is 2.82. The lowest BCUT2D eigenvalue weighted by molar-refractivity contribution is 0.509. The van der Waals surface area contributed by atoms with E-state index >= 15 is 0 Å². The SMILES string of the molecule is Cc1cc(F)ccc1S(=O)(=O)Nc1ccc(Nc2ccc(F)c(F)c2)cn1. The van der Waals surface area contributed by atoms with Crippen LogP contribution in [0.5, 0.6) is 0 Å². The Morgan fingerprint density at radius 1 is 0.889 bits per heavy atom. The molecule has 0 spiro atoms. The number of hydrogen-bond donors (Lipinski definition) is 2. The second-order valence-electron chi connectivity index (χ2n) is 5.70. The summed E-state index contributed by atoms with van der Waals surface area (Å²) in [6, 6.07) is 9.60. The summed E-state index contributed by atoms with van der Waals surface area (Å²) in [6.45, 7) is 1.49. The summed E-state index contributed by atoms with van der Waals surface area (Å²) in [7, 11) is -3.93. The Bertz CT molecular complexity index is 1090. The largest absolute Gasteiger partial charge is 0.354 e. The zero-order valence-corrected chi connectivity index (χ0v) is 14.8. The van der Waals surface area contributed by atoms with Crippen molar-refractivity contribution in [3.63, 3.8) is 0 Å². The number of hydrogen-bond acceptors (Lipinski definition) is 4. The molecule has 2 aromatic carbocycles. The summed E-state index contributed by atoms with van der Waals surface area (Å²) in [5.74, 6) is -2.43. The molecule has 1 aromatic heterocycles. The molecule has 0 aliphatic rings. The number of anilines is 3. The minimum Gasteiger partial charge on any atom is -0.354 e. The predicted octanol–water partition coefficient (Wildman–Crippen LogP) is 4.35. The van der Waals surface area contributed by atoms with Gasteiger partial charge in [-0.05, 0) is 55.0 Å². The Kier molecular flexibility index (Phi) is 5.04. The molecule has 0 saturated heterocycles. The fourth-order valence-electron chi connectivity index (χ4n) is 2.38. The normalized spacial score (nSPS) is 11.3. The number of pyridine rings is 1. The summed E-state index contributed by atoms with van der Waals surface area (Å²) in [4.78, 5) is 3.92. The van der Waals surface area contributed by atoms with Crippen LogP contribution >= 0.6 is 0 Å². The quantitative estimate of drug-likeness (QED) is 0.676. The Labute approximate surface area is 153 Å². The van der Waals surface area contributed by atoms with Gasteiger partial charge in [0.05, 0.1) is 16.8 Å². The van der Waals surface area contributed by atoms with Gasteiger partial charge in [0.1, 0.15) is 11.6 Å². The second kappa shape index (κ2) is 7.28. The number of benzene rings is 2. The van der Waals surface area contributed by atoms with E-state index in [0.29, 0.717) is 11.4 Å². The standard InChI is InChI=1S/C18H14F3N3O2S/c1-11-8-12(19)2-6-17(11)27(25,26)24-18-7-4-14(10-22-18)23-13-3-5-15(20)16(21)9-13/h2-10,23H,1H3,(H,22,24). The maximum Gasteiger partial charge on any atom is 0.263 e. The van der Waals surface area contributed by atoms with E-state index in [1.165, 1.54) is 37.4 Å². The highest BCUT2D eigenvalue weighted by Gasteiger charge is 2.18. The Hall–Kier alpha value is -3.07. The summed E-state index contributed by atoms with van der Waals surface area (Å²) in [5.41, 5.74) is 1.02. The molecule has 0 radical (unpaired) electrons. The van der Waals surface area contributed by atoms with E-state index in [1.807, 2.05) is 0 Å². The van der Waals surface area contributed by atoms with Gasteiger partial charge in [0.25, 0.3) is 10.0 Å². The molecule has 5 nitrogen and oxygen atoms in total. The lowest BCUT2D eigenvalue weighted by Gasteiger charge is -2.11. The number of aromatic nitrogens is 1. The van der Waals surface area contributed by atoms with Gasteiger partial charge in [0, 0.05) is 11.8 Å². The number of nitrogens with one attached hydrogen (secondary N) is 2. The molecule has 3 aromatic rings. The molecule has 140 valence electrons. The van der Waals surface area contributed by atoms with Crippen LogP contribution in [0.3, 0.4) is 0 Å². The van der Waals surface area contributed by atoms with Crippen molar-refractivity contribution >= 4 is 27.2 Å². The van der Waals surface area contributed by atoms with Gasteiger partial charge in [-0.1, -0.05) is 0 Å². The van der Waals surface area contributed by atoms with Crippen molar-refractivity contribution < 1.29 is 21.6 Å². The molecule has 0 amide bonds. The molecule has 3 rings (SSSR count). The molecule has 0 saturated carbocycles. The van der Waals surface area contributed by atoms with Gasteiger partial charge in [-0.2, -0.15) is 0 Å². The average molecular weight is 393 g/mol. The Morgan fingerprint density at radius 3 is 2.26 bits per heavy atom. The van der Waals surface area contributed by atoms with Gasteiger partial charge in [0.2, 0.25) is 0 Å². The van der Waals surface area contributed by atoms with Crippen LogP contribution in [0, 0.1) is 24.4 Å². The van der Waals surface area contributed by atoms with Crippen LogP contribution in [0.4, 0.5) is 30.4 Å². The van der Waals surface area contributed by atoms with Crippen molar-refractivity contribution in [2.45, 2.75) is 11.8 Å². The number of aryl methyl sites for hydroxylation is 1. The summed E-state index contributed by atoms with van der Waals surface area (Å²) < 4.78 is 66.4. The molecule has 0 unspecified atom stereocenters. The van der Waals surface area contributed by atoms with Crippen molar-refractivity contribution in [2.24, 2.45) is 0 Å². The van der Waals surface area contributed by atoms with Gasteiger partial charge >= 0.3 is 0 Å². The van der Waals surface area contributed by atoms with Gasteiger partial charge < -0.3 is 5.32 Å². The van der Waals surface area contributed by atoms with Crippen LogP contribution in [0.1, 0.15) is 5.56 Å². The monoisotopic (exact) mass is 393 g/mol. The van der Waals surface area contributed by atoms with Gasteiger partial charge in [0.15, 0.2) is 11.6 Å². The zero-order chi connectivity index (χ0) is 19.6. The number of rotatable bonds is 5. The lowest BCUT2D eigenvalue weighted by Crippen LogP contribution is -2.15. The van der Waals surface area contributed by atoms with Gasteiger partial charge in [-0.25, -0.2) is 26.6 Å². The summed E-state index contributed by atoms with van der Waals surface area (Å²) >= 11 is 0. The maximum absolute atomic E-state index is 13.2. The zero-order valence-electron chi connectivity index (χ0n) is 14.0. The molecular formula is C18H14F3N3O2S. The van der Waals surface area contributed by atoms with E-state index in [0.717, 1.165) is 24.3 Å². The van der Waals surface area contributed by atoms with Crippen molar-refractivity contribution in [2.75, 3.05) is 10.0 Å². The first-order valence-electron chi connectivity index (χ1n) is 7.72. The fourth-order valence-corrected chi connectivity index (χ4v) is 3.61.